The van der Waals surface area contributed by atoms with Crippen molar-refractivity contribution in [2.24, 2.45) is 0 Å². The molecule has 0 spiro atoms. The van der Waals surface area contributed by atoms with Crippen LogP contribution in [0.15, 0.2) is 0 Å². The second kappa shape index (κ2) is 4.65. The maximum atomic E-state index is 5.38. The van der Waals surface area contributed by atoms with Crippen molar-refractivity contribution in [2.45, 2.75) is 6.92 Å². The molecule has 0 nitrogen and oxygen atoms in total. The Kier molecular flexibility index (Phi) is 5.81. The van der Waals surface area contributed by atoms with Gasteiger partial charge in [-0.3, -0.25) is 0 Å². The molecular weight excluding hydrogens is 226 g/mol. The molecule has 0 amide bonds. The van der Waals surface area contributed by atoms with E-state index in [0.29, 0.717) is 0 Å². The van der Waals surface area contributed by atoms with Crippen molar-refractivity contribution in [1.29, 1.82) is 0 Å². The Labute approximate surface area is 57.3 Å². The second-order valence-electron chi connectivity index (χ2n) is 0.655. The first-order valence-corrected chi connectivity index (χ1v) is 6.89. The van der Waals surface area contributed by atoms with Gasteiger partial charge in [-0.25, -0.2) is 0 Å². The molecule has 0 aliphatic carbocycles. The molecule has 0 saturated heterocycles. The van der Waals surface area contributed by atoms with E-state index in [0.717, 1.165) is 5.75 Å². The van der Waals surface area contributed by atoms with Gasteiger partial charge < -0.3 is 0 Å². The first kappa shape index (κ1) is 7.49. The molecule has 0 aliphatic heterocycles. The van der Waals surface area contributed by atoms with Crippen LogP contribution in [0.1, 0.15) is 6.92 Å². The van der Waals surface area contributed by atoms with Crippen molar-refractivity contribution in [3.8, 4) is 0 Å². The molecule has 0 fully saturated rings. The molecule has 4 heteroatoms. The molecule has 0 rings (SSSR count). The maximum absolute atomic E-state index is 5.38. The molecule has 0 atom stereocenters. The summed E-state index contributed by atoms with van der Waals surface area (Å²) in [6, 6.07) is 0. The minimum absolute atomic E-state index is 0.0711. The van der Waals surface area contributed by atoms with Crippen LogP contribution in [0.25, 0.3) is 0 Å². The molecule has 0 aromatic heterocycles. The van der Waals surface area contributed by atoms with E-state index in [2.05, 4.69) is 28.1 Å². The third-order valence-electron chi connectivity index (χ3n) is 0.230. The Hall–Kier alpha value is 1.49. The van der Waals surface area contributed by atoms with Crippen LogP contribution < -0.4 is 0 Å². The van der Waals surface area contributed by atoms with Gasteiger partial charge >= 0.3 is 57.5 Å². The first-order valence-electron chi connectivity index (χ1n) is 1.55. The van der Waals surface area contributed by atoms with Gasteiger partial charge in [0.15, 0.2) is 0 Å². The van der Waals surface area contributed by atoms with Gasteiger partial charge in [-0.15, -0.1) is 0 Å². The Morgan fingerprint density at radius 3 is 2.50 bits per heavy atom. The van der Waals surface area contributed by atoms with E-state index in [1.165, 1.54) is 0 Å². The monoisotopic (exact) mass is 231 g/mol. The van der Waals surface area contributed by atoms with Crippen molar-refractivity contribution < 1.29 is 0 Å². The molecule has 0 radical (unpaired) electrons. The Morgan fingerprint density at radius 2 is 2.50 bits per heavy atom. The number of rotatable bonds is 1. The predicted octanol–water partition coefficient (Wildman–Crippen LogP) is 1.71. The van der Waals surface area contributed by atoms with Gasteiger partial charge in [-0.05, 0) is 0 Å². The Morgan fingerprint density at radius 1 is 2.00 bits per heavy atom. The van der Waals surface area contributed by atoms with Gasteiger partial charge in [-0.1, -0.05) is 0 Å². The van der Waals surface area contributed by atoms with E-state index in [9.17, 15) is 0 Å². The normalized spacial score (nSPS) is 10.2. The van der Waals surface area contributed by atoms with Crippen LogP contribution in [-0.4, -0.2) is 12.3 Å². The van der Waals surface area contributed by atoms with Gasteiger partial charge in [0.1, 0.15) is 0 Å². The quantitative estimate of drug-likeness (QED) is 0.286. The summed E-state index contributed by atoms with van der Waals surface area (Å²) in [6.45, 7) is 7.49. The van der Waals surface area contributed by atoms with Gasteiger partial charge in [0.25, 0.3) is 0 Å². The van der Waals surface area contributed by atoms with Crippen molar-refractivity contribution in [2.75, 3.05) is 5.75 Å². The summed E-state index contributed by atoms with van der Waals surface area (Å²) < 4.78 is 0. The number of hydrogen-bond acceptors (Lipinski definition) is 2. The summed E-state index contributed by atoms with van der Waals surface area (Å²) in [5.41, 5.74) is 0. The molecule has 36 valence electrons. The second-order valence-corrected chi connectivity index (χ2v) is 8.39. The topological polar surface area (TPSA) is 0 Å². The molecule has 0 N–H and O–H groups in total. The molecule has 6 heavy (non-hydrogen) atoms. The van der Waals surface area contributed by atoms with Gasteiger partial charge in [0.2, 0.25) is 0 Å². The fourth-order valence-electron chi connectivity index (χ4n) is 0.113. The fourth-order valence-corrected chi connectivity index (χ4v) is 3.30. The summed E-state index contributed by atoms with van der Waals surface area (Å²) in [5, 5.41) is 0. The van der Waals surface area contributed by atoms with Crippen molar-refractivity contribution in [3.63, 3.8) is 0 Å². The van der Waals surface area contributed by atoms with Crippen LogP contribution in [0.3, 0.4) is 0 Å². The van der Waals surface area contributed by atoms with Gasteiger partial charge in [0, 0.05) is 0 Å². The third kappa shape index (κ3) is 5.49. The van der Waals surface area contributed by atoms with E-state index < -0.39 is 0 Å². The van der Waals surface area contributed by atoms with Crippen LogP contribution in [0, 0.1) is 0 Å². The molecule has 0 saturated carbocycles. The van der Waals surface area contributed by atoms with Crippen LogP contribution in [0.4, 0.5) is 0 Å². The van der Waals surface area contributed by atoms with E-state index in [1.54, 1.807) is 10.8 Å². The third-order valence-corrected chi connectivity index (χ3v) is 4.36. The molecule has 0 aromatic carbocycles. The summed E-state index contributed by atoms with van der Waals surface area (Å²) in [7, 11) is 1.78. The summed E-state index contributed by atoms with van der Waals surface area (Å²) in [5.74, 6) is 1.13. The average Bonchev–Trinajstić information content (AvgIpc) is 1.35. The van der Waals surface area contributed by atoms with E-state index in [4.69, 9.17) is 6.53 Å². The fraction of sp³-hybridized carbons (Fsp3) is 1.00. The predicted molar refractivity (Wildman–Crippen MR) is 45.3 cm³/mol. The molecule has 0 aromatic rings. The summed E-state index contributed by atoms with van der Waals surface area (Å²) in [4.78, 5) is 0. The zero-order valence-corrected chi connectivity index (χ0v) is 7.27. The van der Waals surface area contributed by atoms with Crippen LogP contribution in [0.5, 0.6) is 0 Å². The minimum atomic E-state index is 0.0711. The number of halogens is 1. The molecule has 0 heterocycles. The first-order chi connectivity index (χ1) is 2.77. The zero-order chi connectivity index (χ0) is 4.99. The van der Waals surface area contributed by atoms with Crippen molar-refractivity contribution in [1.82, 2.24) is 0 Å². The summed E-state index contributed by atoms with van der Waals surface area (Å²) >= 11 is 2.21. The van der Waals surface area contributed by atoms with Crippen LogP contribution in [0.2, 0.25) is 0 Å². The Balaban J connectivity index is 2.91. The van der Waals surface area contributed by atoms with Crippen molar-refractivity contribution >= 4 is 44.9 Å². The molecule has 0 unspecified atom stereocenters. The average molecular weight is 231 g/mol. The van der Waals surface area contributed by atoms with E-state index in [-0.39, 0.29) is 6.33 Å². The van der Waals surface area contributed by atoms with Gasteiger partial charge in [-0.2, -0.15) is 0 Å². The number of hydrogen-bond donors (Lipinski definition) is 0. The molecule has 0 bridgehead atoms. The van der Waals surface area contributed by atoms with Crippen LogP contribution in [-0.2, 0) is 6.33 Å². The van der Waals surface area contributed by atoms with E-state index >= 15 is 0 Å². The SMILES string of the molecule is B#[S-](I)SCC. The Bertz CT molecular complexity index is 83.3. The van der Waals surface area contributed by atoms with Gasteiger partial charge in [0.05, 0.1) is 0 Å². The van der Waals surface area contributed by atoms with Crippen LogP contribution >= 0.6 is 32.0 Å². The molecular formula is C2H5BIS2-. The van der Waals surface area contributed by atoms with E-state index in [1.807, 2.05) is 0 Å². The summed E-state index contributed by atoms with van der Waals surface area (Å²) in [6.07, 6.45) is 0.0711. The standard InChI is InChI=1S/C2H5BIS2/c1-2-5-6(3)4/h2H2,1H3/q-1. The van der Waals surface area contributed by atoms with Crippen molar-refractivity contribution in [3.05, 3.63) is 0 Å². The zero-order valence-electron chi connectivity index (χ0n) is 3.48. The molecule has 0 aliphatic rings.